The Morgan fingerprint density at radius 3 is 2.69 bits per heavy atom. The third kappa shape index (κ3) is 3.56. The maximum Gasteiger partial charge on any atom is -1.00 e. The Balaban J connectivity index is 0.00000102. The minimum atomic E-state index is -0.511. The summed E-state index contributed by atoms with van der Waals surface area (Å²) >= 11 is -0.511. The summed E-state index contributed by atoms with van der Waals surface area (Å²) in [6.07, 6.45) is 21.6. The Kier molecular flexibility index (Phi) is 6.60. The summed E-state index contributed by atoms with van der Waals surface area (Å²) in [7, 11) is 0. The van der Waals surface area contributed by atoms with Crippen molar-refractivity contribution in [3.8, 4) is 0 Å². The van der Waals surface area contributed by atoms with Crippen molar-refractivity contribution in [1.29, 1.82) is 0 Å². The van der Waals surface area contributed by atoms with Gasteiger partial charge in [0, 0.05) is 0 Å². The van der Waals surface area contributed by atoms with E-state index in [0.29, 0.717) is 0 Å². The molecule has 148 valence electrons. The normalized spacial score (nSPS) is 28.4. The van der Waals surface area contributed by atoms with Gasteiger partial charge in [0.1, 0.15) is 0 Å². The Morgan fingerprint density at radius 2 is 1.83 bits per heavy atom. The van der Waals surface area contributed by atoms with Gasteiger partial charge >= 0.3 is 175 Å². The van der Waals surface area contributed by atoms with Crippen LogP contribution in [0.5, 0.6) is 0 Å². The second kappa shape index (κ2) is 8.86. The monoisotopic (exact) mass is 498 g/mol. The molecule has 3 heteroatoms. The van der Waals surface area contributed by atoms with E-state index < -0.39 is 23.2 Å². The standard InChI is InChI=1S/C21H21.C5H5.2ClH.Zr/c1-2-8-15-14(7-1)13-20-18-11-4-3-9-16(18)17-10-5-6-12-19(17)21(15)20;1-2-4-5-3-1;;;/h1-2,6-8,11-12,16-17H,3-5,9-10,13H2;1-3H,4H2;2*1H;/q;;;;+2/p-2. The zero-order valence-electron chi connectivity index (χ0n) is 16.6. The summed E-state index contributed by atoms with van der Waals surface area (Å²) in [5.41, 5.74) is 10.2. The molecule has 6 rings (SSSR count). The smallest absolute Gasteiger partial charge is 1.00 e. The van der Waals surface area contributed by atoms with Crippen LogP contribution in [0.3, 0.4) is 0 Å². The molecule has 0 saturated heterocycles. The van der Waals surface area contributed by atoms with E-state index >= 15 is 0 Å². The van der Waals surface area contributed by atoms with Gasteiger partial charge in [-0.05, 0) is 0 Å². The predicted molar refractivity (Wildman–Crippen MR) is 109 cm³/mol. The molecule has 1 fully saturated rings. The van der Waals surface area contributed by atoms with Crippen molar-refractivity contribution in [3.05, 3.63) is 85.8 Å². The molecule has 3 unspecified atom stereocenters. The van der Waals surface area contributed by atoms with E-state index in [9.17, 15) is 0 Å². The quantitative estimate of drug-likeness (QED) is 0.564. The Morgan fingerprint density at radius 1 is 0.931 bits per heavy atom. The zero-order chi connectivity index (χ0) is 17.8. The number of fused-ring (bicyclic) bond motifs is 6. The molecule has 0 amide bonds. The molecule has 5 aliphatic carbocycles. The molecule has 0 heterocycles. The number of benzene rings is 1. The van der Waals surface area contributed by atoms with Gasteiger partial charge in [-0.3, -0.25) is 0 Å². The number of halogens is 2. The average Bonchev–Trinajstić information content (AvgIpc) is 3.36. The summed E-state index contributed by atoms with van der Waals surface area (Å²) < 4.78 is 2.78. The van der Waals surface area contributed by atoms with Gasteiger partial charge in [-0.25, -0.2) is 0 Å². The molecule has 0 spiro atoms. The van der Waals surface area contributed by atoms with E-state index in [4.69, 9.17) is 0 Å². The minimum absolute atomic E-state index is 0. The summed E-state index contributed by atoms with van der Waals surface area (Å²) in [4.78, 5) is 0. The average molecular weight is 501 g/mol. The molecule has 3 atom stereocenters. The van der Waals surface area contributed by atoms with Gasteiger partial charge in [0.15, 0.2) is 0 Å². The van der Waals surface area contributed by atoms with E-state index in [0.717, 1.165) is 15.5 Å². The van der Waals surface area contributed by atoms with Gasteiger partial charge in [-0.15, -0.1) is 0 Å². The first-order valence-electron chi connectivity index (χ1n) is 10.7. The fourth-order valence-electron chi connectivity index (χ4n) is 6.28. The second-order valence-corrected chi connectivity index (χ2v) is 12.7. The second-order valence-electron chi connectivity index (χ2n) is 8.74. The molecular weight excluding hydrogens is 474 g/mol. The van der Waals surface area contributed by atoms with Crippen LogP contribution in [0.2, 0.25) is 3.63 Å². The number of hydrogen-bond donors (Lipinski definition) is 0. The molecule has 0 aliphatic heterocycles. The molecule has 0 aromatic heterocycles. The summed E-state index contributed by atoms with van der Waals surface area (Å²) in [6, 6.07) is 9.26. The predicted octanol–water partition coefficient (Wildman–Crippen LogP) is 0.796. The first-order chi connectivity index (χ1) is 13.4. The van der Waals surface area contributed by atoms with Crippen molar-refractivity contribution >= 4 is 5.57 Å². The minimum Gasteiger partial charge on any atom is -1.00 e. The van der Waals surface area contributed by atoms with Gasteiger partial charge in [-0.1, -0.05) is 0 Å². The molecule has 0 radical (unpaired) electrons. The Hall–Kier alpha value is -0.617. The first kappa shape index (κ1) is 21.6. The number of hydrogen-bond acceptors (Lipinski definition) is 0. The summed E-state index contributed by atoms with van der Waals surface area (Å²) in [5, 5.41) is 0. The SMILES string of the molecule is C1=CC[C]([Zr+2][CH]2CCCC3C2=C2Cc4ccccc4C2=C2C=CCCC23)=C1.[Cl-].[Cl-]. The van der Waals surface area contributed by atoms with Gasteiger partial charge in [-0.2, -0.15) is 0 Å². The largest absolute Gasteiger partial charge is 1.00 e. The van der Waals surface area contributed by atoms with E-state index in [1.807, 2.05) is 8.85 Å². The Bertz CT molecular complexity index is 963. The van der Waals surface area contributed by atoms with Gasteiger partial charge in [0.05, 0.1) is 0 Å². The van der Waals surface area contributed by atoms with Crippen molar-refractivity contribution < 1.29 is 48.0 Å². The molecular formula is C26H26Cl2Zr. The summed E-state index contributed by atoms with van der Waals surface area (Å²) in [5.74, 6) is 1.65. The van der Waals surface area contributed by atoms with E-state index in [1.54, 1.807) is 27.8 Å². The van der Waals surface area contributed by atoms with Crippen molar-refractivity contribution in [2.75, 3.05) is 0 Å². The van der Waals surface area contributed by atoms with Crippen LogP contribution in [0, 0.1) is 11.8 Å². The van der Waals surface area contributed by atoms with Gasteiger partial charge < -0.3 is 24.8 Å². The molecule has 1 saturated carbocycles. The van der Waals surface area contributed by atoms with E-state index in [1.165, 1.54) is 44.9 Å². The zero-order valence-corrected chi connectivity index (χ0v) is 20.6. The maximum absolute atomic E-state index is 2.51. The molecule has 1 aromatic carbocycles. The van der Waals surface area contributed by atoms with Crippen molar-refractivity contribution in [2.24, 2.45) is 11.8 Å². The summed E-state index contributed by atoms with van der Waals surface area (Å²) in [6.45, 7) is 0. The van der Waals surface area contributed by atoms with Crippen LogP contribution >= 0.6 is 0 Å². The van der Waals surface area contributed by atoms with Crippen LogP contribution in [0.25, 0.3) is 5.57 Å². The third-order valence-electron chi connectivity index (χ3n) is 7.33. The van der Waals surface area contributed by atoms with Gasteiger partial charge in [0.25, 0.3) is 0 Å². The molecule has 29 heavy (non-hydrogen) atoms. The molecule has 0 bridgehead atoms. The molecule has 1 aromatic rings. The van der Waals surface area contributed by atoms with Crippen LogP contribution in [0.4, 0.5) is 0 Å². The van der Waals surface area contributed by atoms with Crippen molar-refractivity contribution in [2.45, 2.75) is 48.6 Å². The maximum atomic E-state index is 2.51. The fourth-order valence-corrected chi connectivity index (χ4v) is 10.6. The molecule has 0 nitrogen and oxygen atoms in total. The van der Waals surface area contributed by atoms with Crippen LogP contribution in [-0.4, -0.2) is 0 Å². The van der Waals surface area contributed by atoms with Crippen LogP contribution in [0.1, 0.15) is 49.7 Å². The molecule has 0 N–H and O–H groups in total. The Labute approximate surface area is 198 Å². The van der Waals surface area contributed by atoms with Crippen LogP contribution in [0.15, 0.2) is 74.6 Å². The first-order valence-corrected chi connectivity index (χ1v) is 13.4. The number of rotatable bonds is 2. The van der Waals surface area contributed by atoms with Crippen molar-refractivity contribution in [1.82, 2.24) is 0 Å². The van der Waals surface area contributed by atoms with Crippen LogP contribution in [-0.2, 0) is 29.7 Å². The third-order valence-corrected chi connectivity index (χ3v) is 11.5. The number of allylic oxidation sites excluding steroid dienone is 10. The van der Waals surface area contributed by atoms with Crippen LogP contribution < -0.4 is 24.8 Å². The topological polar surface area (TPSA) is 0 Å². The van der Waals surface area contributed by atoms with Gasteiger partial charge in [0.2, 0.25) is 0 Å². The van der Waals surface area contributed by atoms with Crippen molar-refractivity contribution in [3.63, 3.8) is 0 Å². The van der Waals surface area contributed by atoms with E-state index in [2.05, 4.69) is 54.6 Å². The van der Waals surface area contributed by atoms with E-state index in [-0.39, 0.29) is 24.8 Å². The molecule has 5 aliphatic rings. The fraction of sp³-hybridized carbons (Fsp3) is 0.385.